The van der Waals surface area contributed by atoms with Crippen molar-refractivity contribution in [3.63, 3.8) is 0 Å². The molecule has 20 heavy (non-hydrogen) atoms. The second-order valence-corrected chi connectivity index (χ2v) is 7.27. The van der Waals surface area contributed by atoms with Crippen LogP contribution in [0.3, 0.4) is 0 Å². The van der Waals surface area contributed by atoms with Crippen molar-refractivity contribution in [3.8, 4) is 10.7 Å². The molecule has 6 nitrogen and oxygen atoms in total. The van der Waals surface area contributed by atoms with Crippen LogP contribution in [0.4, 0.5) is 0 Å². The Morgan fingerprint density at radius 1 is 1.65 bits per heavy atom. The van der Waals surface area contributed by atoms with Crippen LogP contribution in [0.1, 0.15) is 19.7 Å². The lowest BCUT2D eigenvalue weighted by molar-refractivity contribution is -0.139. The van der Waals surface area contributed by atoms with Gasteiger partial charge in [-0.2, -0.15) is 4.98 Å². The molecular formula is C12H15N3O3S2. The predicted molar refractivity (Wildman–Crippen MR) is 78.6 cm³/mol. The number of thiophene rings is 1. The van der Waals surface area contributed by atoms with E-state index >= 15 is 0 Å². The molecule has 2 heterocycles. The molecule has 1 atom stereocenters. The topological polar surface area (TPSA) is 102 Å². The molecule has 0 aliphatic rings. The first-order valence-corrected chi connectivity index (χ1v) is 7.75. The molecule has 0 unspecified atom stereocenters. The van der Waals surface area contributed by atoms with E-state index in [0.29, 0.717) is 17.5 Å². The second kappa shape index (κ2) is 5.94. The Hall–Kier alpha value is -1.38. The van der Waals surface area contributed by atoms with Crippen LogP contribution in [-0.4, -0.2) is 32.0 Å². The molecule has 0 aliphatic carbocycles. The molecular weight excluding hydrogens is 298 g/mol. The third-order valence-corrected chi connectivity index (χ3v) is 5.05. The van der Waals surface area contributed by atoms with E-state index in [1.807, 2.05) is 17.5 Å². The Bertz CT molecular complexity index is 581. The SMILES string of the molecule is CC(C)(SCc1nc(-c2cccs2)no1)[C@H](N)C(=O)O. The standard InChI is InChI=1S/C12H15N3O3S2/c1-12(2,9(13)11(16)17)20-6-8-14-10(15-18-8)7-4-3-5-19-7/h3-5,9H,6,13H2,1-2H3,(H,16,17)/t9-/m1/s1. The normalized spacial score (nSPS) is 13.3. The van der Waals surface area contributed by atoms with Gasteiger partial charge >= 0.3 is 5.97 Å². The van der Waals surface area contributed by atoms with Gasteiger partial charge in [-0.25, -0.2) is 0 Å². The third kappa shape index (κ3) is 3.38. The van der Waals surface area contributed by atoms with Crippen LogP contribution in [0.2, 0.25) is 0 Å². The Morgan fingerprint density at radius 2 is 2.40 bits per heavy atom. The van der Waals surface area contributed by atoms with Gasteiger partial charge in [-0.3, -0.25) is 4.79 Å². The molecule has 2 aromatic heterocycles. The molecule has 3 N–H and O–H groups in total. The predicted octanol–water partition coefficient (Wildman–Crippen LogP) is 2.22. The third-order valence-electron chi connectivity index (χ3n) is 2.79. The molecule has 0 amide bonds. The van der Waals surface area contributed by atoms with Gasteiger partial charge in [0.25, 0.3) is 0 Å². The number of aliphatic carboxylic acids is 1. The van der Waals surface area contributed by atoms with Gasteiger partial charge in [0.1, 0.15) is 6.04 Å². The van der Waals surface area contributed by atoms with Crippen molar-refractivity contribution in [2.45, 2.75) is 30.4 Å². The second-order valence-electron chi connectivity index (χ2n) is 4.70. The molecule has 2 rings (SSSR count). The number of hydrogen-bond donors (Lipinski definition) is 2. The average molecular weight is 313 g/mol. The Morgan fingerprint density at radius 3 is 3.00 bits per heavy atom. The molecule has 0 radical (unpaired) electrons. The van der Waals surface area contributed by atoms with E-state index in [9.17, 15) is 4.79 Å². The van der Waals surface area contributed by atoms with Gasteiger partial charge in [0.15, 0.2) is 0 Å². The van der Waals surface area contributed by atoms with Crippen LogP contribution >= 0.6 is 23.1 Å². The zero-order chi connectivity index (χ0) is 14.8. The van der Waals surface area contributed by atoms with E-state index in [1.165, 1.54) is 23.1 Å². The van der Waals surface area contributed by atoms with Crippen LogP contribution in [0.5, 0.6) is 0 Å². The molecule has 0 aliphatic heterocycles. The van der Waals surface area contributed by atoms with Crippen LogP contribution in [-0.2, 0) is 10.5 Å². The lowest BCUT2D eigenvalue weighted by Crippen LogP contribution is -2.46. The van der Waals surface area contributed by atoms with Crippen LogP contribution < -0.4 is 5.73 Å². The first-order chi connectivity index (χ1) is 9.40. The van der Waals surface area contributed by atoms with Crippen molar-refractivity contribution < 1.29 is 14.4 Å². The van der Waals surface area contributed by atoms with Gasteiger partial charge in [0.05, 0.1) is 10.6 Å². The first-order valence-electron chi connectivity index (χ1n) is 5.89. The highest BCUT2D eigenvalue weighted by Gasteiger charge is 2.33. The lowest BCUT2D eigenvalue weighted by atomic mass is 10.1. The number of carboxylic acid groups (broad SMARTS) is 1. The Labute approximate surface area is 124 Å². The van der Waals surface area contributed by atoms with E-state index < -0.39 is 16.8 Å². The van der Waals surface area contributed by atoms with Gasteiger partial charge in [0.2, 0.25) is 11.7 Å². The fourth-order valence-electron chi connectivity index (χ4n) is 1.45. The zero-order valence-corrected chi connectivity index (χ0v) is 12.7. The van der Waals surface area contributed by atoms with Crippen molar-refractivity contribution in [1.82, 2.24) is 10.1 Å². The number of thioether (sulfide) groups is 1. The van der Waals surface area contributed by atoms with Gasteiger partial charge in [-0.15, -0.1) is 23.1 Å². The fraction of sp³-hybridized carbons (Fsp3) is 0.417. The molecule has 0 spiro atoms. The van der Waals surface area contributed by atoms with Gasteiger partial charge in [-0.05, 0) is 25.3 Å². The van der Waals surface area contributed by atoms with E-state index in [0.717, 1.165) is 4.88 Å². The van der Waals surface area contributed by atoms with Crippen molar-refractivity contribution in [1.29, 1.82) is 0 Å². The highest BCUT2D eigenvalue weighted by Crippen LogP contribution is 2.31. The highest BCUT2D eigenvalue weighted by molar-refractivity contribution is 7.99. The van der Waals surface area contributed by atoms with Crippen molar-refractivity contribution in [3.05, 3.63) is 23.4 Å². The minimum Gasteiger partial charge on any atom is -0.480 e. The minimum absolute atomic E-state index is 0.423. The largest absolute Gasteiger partial charge is 0.480 e. The molecule has 8 heteroatoms. The van der Waals surface area contributed by atoms with Crippen LogP contribution in [0.15, 0.2) is 22.0 Å². The van der Waals surface area contributed by atoms with Crippen LogP contribution in [0.25, 0.3) is 10.7 Å². The number of rotatable bonds is 6. The number of aromatic nitrogens is 2. The van der Waals surface area contributed by atoms with Crippen LogP contribution in [0, 0.1) is 0 Å². The monoisotopic (exact) mass is 313 g/mol. The molecule has 0 saturated carbocycles. The molecule has 0 aromatic carbocycles. The summed E-state index contributed by atoms with van der Waals surface area (Å²) in [6.45, 7) is 3.57. The molecule has 108 valence electrons. The summed E-state index contributed by atoms with van der Waals surface area (Å²) in [5.41, 5.74) is 5.66. The van der Waals surface area contributed by atoms with E-state index in [2.05, 4.69) is 10.1 Å². The minimum atomic E-state index is -1.02. The Balaban J connectivity index is 2.00. The quantitative estimate of drug-likeness (QED) is 0.843. The van der Waals surface area contributed by atoms with Crippen molar-refractivity contribution in [2.75, 3.05) is 0 Å². The van der Waals surface area contributed by atoms with Crippen molar-refractivity contribution >= 4 is 29.1 Å². The highest BCUT2D eigenvalue weighted by atomic mass is 32.2. The number of carboxylic acids is 1. The summed E-state index contributed by atoms with van der Waals surface area (Å²) in [6.07, 6.45) is 0. The maximum atomic E-state index is 10.9. The number of nitrogens with two attached hydrogens (primary N) is 1. The number of nitrogens with zero attached hydrogens (tertiary/aromatic N) is 2. The zero-order valence-electron chi connectivity index (χ0n) is 11.1. The van der Waals surface area contributed by atoms with Gasteiger partial charge in [0, 0.05) is 4.75 Å². The smallest absolute Gasteiger partial charge is 0.321 e. The van der Waals surface area contributed by atoms with E-state index in [-0.39, 0.29) is 0 Å². The molecule has 2 aromatic rings. The Kier molecular flexibility index (Phi) is 4.46. The van der Waals surface area contributed by atoms with Gasteiger partial charge < -0.3 is 15.4 Å². The summed E-state index contributed by atoms with van der Waals surface area (Å²) in [5.74, 6) is 0.416. The summed E-state index contributed by atoms with van der Waals surface area (Å²) in [5, 5.41) is 14.8. The molecule has 0 bridgehead atoms. The lowest BCUT2D eigenvalue weighted by Gasteiger charge is -2.27. The summed E-state index contributed by atoms with van der Waals surface area (Å²) in [6, 6.07) is 2.88. The van der Waals surface area contributed by atoms with Crippen molar-refractivity contribution in [2.24, 2.45) is 5.73 Å². The summed E-state index contributed by atoms with van der Waals surface area (Å²) >= 11 is 2.91. The maximum Gasteiger partial charge on any atom is 0.321 e. The first kappa shape index (κ1) is 15.0. The molecule has 0 saturated heterocycles. The fourth-order valence-corrected chi connectivity index (χ4v) is 3.00. The van der Waals surface area contributed by atoms with E-state index in [4.69, 9.17) is 15.4 Å². The molecule has 0 fully saturated rings. The maximum absolute atomic E-state index is 10.9. The van der Waals surface area contributed by atoms with Gasteiger partial charge in [-0.1, -0.05) is 11.2 Å². The summed E-state index contributed by atoms with van der Waals surface area (Å²) in [4.78, 5) is 16.1. The van der Waals surface area contributed by atoms with E-state index in [1.54, 1.807) is 13.8 Å². The average Bonchev–Trinajstić information content (AvgIpc) is 3.05. The number of hydrogen-bond acceptors (Lipinski definition) is 7. The number of carbonyl (C=O) groups is 1. The summed E-state index contributed by atoms with van der Waals surface area (Å²) < 4.78 is 4.54. The summed E-state index contributed by atoms with van der Waals surface area (Å²) in [7, 11) is 0.